The average Bonchev–Trinajstić information content (AvgIpc) is 3.20. The predicted octanol–water partition coefficient (Wildman–Crippen LogP) is 2.73. The van der Waals surface area contributed by atoms with Crippen LogP contribution in [-0.2, 0) is 30.6 Å². The van der Waals surface area contributed by atoms with E-state index >= 15 is 0 Å². The highest BCUT2D eigenvalue weighted by atomic mass is 32.1. The molecule has 3 nitrogen and oxygen atoms in total. The van der Waals surface area contributed by atoms with Crippen molar-refractivity contribution >= 4 is 17.2 Å². The third-order valence-electron chi connectivity index (χ3n) is 5.20. The van der Waals surface area contributed by atoms with Gasteiger partial charge < -0.3 is 4.90 Å². The molecule has 2 heterocycles. The monoisotopic (exact) mass is 326 g/mol. The molecule has 0 N–H and O–H groups in total. The summed E-state index contributed by atoms with van der Waals surface area (Å²) in [6.07, 6.45) is 3.14. The van der Waals surface area contributed by atoms with Gasteiger partial charge in [0, 0.05) is 24.0 Å². The number of nitrogens with zero attached hydrogens (tertiary/aromatic N) is 2. The molecule has 23 heavy (non-hydrogen) atoms. The molecule has 0 fully saturated rings. The minimum atomic E-state index is 0.264. The number of hydrogen-bond donors (Lipinski definition) is 0. The number of rotatable bonds is 3. The first-order valence-corrected chi connectivity index (χ1v) is 9.18. The Kier molecular flexibility index (Phi) is 3.95. The maximum atomic E-state index is 12.7. The van der Waals surface area contributed by atoms with E-state index < -0.39 is 0 Å². The SMILES string of the molecule is CN(CC(=O)N1CCc2sccc2C1)C1Cc2ccccc2C1. The van der Waals surface area contributed by atoms with E-state index in [0.29, 0.717) is 12.6 Å². The lowest BCUT2D eigenvalue weighted by atomic mass is 10.1. The van der Waals surface area contributed by atoms with Crippen LogP contribution in [0.15, 0.2) is 35.7 Å². The first-order chi connectivity index (χ1) is 11.2. The summed E-state index contributed by atoms with van der Waals surface area (Å²) in [4.78, 5) is 18.4. The van der Waals surface area contributed by atoms with Crippen LogP contribution in [0.2, 0.25) is 0 Å². The van der Waals surface area contributed by atoms with Crippen LogP contribution in [0.5, 0.6) is 0 Å². The number of hydrogen-bond acceptors (Lipinski definition) is 3. The van der Waals surface area contributed by atoms with Gasteiger partial charge >= 0.3 is 0 Å². The van der Waals surface area contributed by atoms with Crippen molar-refractivity contribution in [1.29, 1.82) is 0 Å². The number of thiophene rings is 1. The number of fused-ring (bicyclic) bond motifs is 2. The standard InChI is InChI=1S/C19H22N2OS/c1-20(17-10-14-4-2-3-5-15(14)11-17)13-19(22)21-8-6-18-16(12-21)7-9-23-18/h2-5,7,9,17H,6,8,10-13H2,1H3. The molecule has 1 aromatic carbocycles. The van der Waals surface area contributed by atoms with E-state index in [4.69, 9.17) is 0 Å². The topological polar surface area (TPSA) is 23.6 Å². The maximum absolute atomic E-state index is 12.7. The predicted molar refractivity (Wildman–Crippen MR) is 93.7 cm³/mol. The Bertz CT molecular complexity index is 699. The lowest BCUT2D eigenvalue weighted by molar-refractivity contribution is -0.133. The molecule has 1 aromatic heterocycles. The fourth-order valence-corrected chi connectivity index (χ4v) is 4.64. The van der Waals surface area contributed by atoms with Crippen LogP contribution in [0.25, 0.3) is 0 Å². The summed E-state index contributed by atoms with van der Waals surface area (Å²) in [5.74, 6) is 0.264. The van der Waals surface area contributed by atoms with Crippen LogP contribution in [-0.4, -0.2) is 41.9 Å². The van der Waals surface area contributed by atoms with Gasteiger partial charge in [-0.05, 0) is 54.4 Å². The van der Waals surface area contributed by atoms with Gasteiger partial charge in [-0.1, -0.05) is 24.3 Å². The summed E-state index contributed by atoms with van der Waals surface area (Å²) < 4.78 is 0. The van der Waals surface area contributed by atoms with Crippen LogP contribution in [0.4, 0.5) is 0 Å². The number of amides is 1. The Balaban J connectivity index is 1.36. The lowest BCUT2D eigenvalue weighted by Gasteiger charge is -2.30. The molecule has 0 atom stereocenters. The van der Waals surface area contributed by atoms with Gasteiger partial charge in [0.05, 0.1) is 6.54 Å². The molecule has 2 aromatic rings. The van der Waals surface area contributed by atoms with Crippen molar-refractivity contribution in [3.63, 3.8) is 0 Å². The van der Waals surface area contributed by atoms with Gasteiger partial charge in [-0.15, -0.1) is 11.3 Å². The lowest BCUT2D eigenvalue weighted by Crippen LogP contribution is -2.44. The molecule has 1 aliphatic heterocycles. The molecule has 1 aliphatic carbocycles. The highest BCUT2D eigenvalue weighted by molar-refractivity contribution is 7.10. The molecule has 0 bridgehead atoms. The fourth-order valence-electron chi connectivity index (χ4n) is 3.75. The summed E-state index contributed by atoms with van der Waals surface area (Å²) in [5, 5.41) is 2.14. The Morgan fingerprint density at radius 1 is 1.22 bits per heavy atom. The van der Waals surface area contributed by atoms with E-state index in [9.17, 15) is 4.79 Å². The van der Waals surface area contributed by atoms with E-state index in [1.54, 1.807) is 0 Å². The normalized spacial score (nSPS) is 17.4. The second kappa shape index (κ2) is 6.10. The van der Waals surface area contributed by atoms with Crippen LogP contribution in [0.3, 0.4) is 0 Å². The third-order valence-corrected chi connectivity index (χ3v) is 6.22. The van der Waals surface area contributed by atoms with Crippen molar-refractivity contribution in [3.8, 4) is 0 Å². The minimum Gasteiger partial charge on any atom is -0.337 e. The van der Waals surface area contributed by atoms with E-state index in [1.165, 1.54) is 21.6 Å². The molecular formula is C19H22N2OS. The van der Waals surface area contributed by atoms with Crippen LogP contribution in [0.1, 0.15) is 21.6 Å². The van der Waals surface area contributed by atoms with Gasteiger partial charge in [0.25, 0.3) is 0 Å². The second-order valence-corrected chi connectivity index (χ2v) is 7.68. The van der Waals surface area contributed by atoms with E-state index in [0.717, 1.165) is 32.4 Å². The van der Waals surface area contributed by atoms with E-state index in [1.807, 2.05) is 16.2 Å². The fraction of sp³-hybridized carbons (Fsp3) is 0.421. The van der Waals surface area contributed by atoms with Crippen LogP contribution in [0, 0.1) is 0 Å². The largest absolute Gasteiger partial charge is 0.337 e. The molecule has 4 rings (SSSR count). The number of benzene rings is 1. The molecule has 0 saturated carbocycles. The average molecular weight is 326 g/mol. The summed E-state index contributed by atoms with van der Waals surface area (Å²) in [6.45, 7) is 2.18. The van der Waals surface area contributed by atoms with Gasteiger partial charge in [0.1, 0.15) is 0 Å². The van der Waals surface area contributed by atoms with Gasteiger partial charge in [-0.25, -0.2) is 0 Å². The van der Waals surface area contributed by atoms with Crippen molar-refractivity contribution in [3.05, 3.63) is 57.3 Å². The van der Waals surface area contributed by atoms with Gasteiger partial charge in [-0.3, -0.25) is 9.69 Å². The quantitative estimate of drug-likeness (QED) is 0.866. The highest BCUT2D eigenvalue weighted by Gasteiger charge is 2.28. The van der Waals surface area contributed by atoms with Crippen molar-refractivity contribution in [2.75, 3.05) is 20.1 Å². The van der Waals surface area contributed by atoms with Crippen LogP contribution < -0.4 is 0 Å². The maximum Gasteiger partial charge on any atom is 0.237 e. The Hall–Kier alpha value is -1.65. The Morgan fingerprint density at radius 2 is 1.96 bits per heavy atom. The van der Waals surface area contributed by atoms with Crippen molar-refractivity contribution < 1.29 is 4.79 Å². The molecule has 0 spiro atoms. The summed E-state index contributed by atoms with van der Waals surface area (Å²) in [7, 11) is 2.09. The summed E-state index contributed by atoms with van der Waals surface area (Å²) in [6, 6.07) is 11.3. The zero-order valence-corrected chi connectivity index (χ0v) is 14.3. The first-order valence-electron chi connectivity index (χ1n) is 8.31. The highest BCUT2D eigenvalue weighted by Crippen LogP contribution is 2.26. The second-order valence-electron chi connectivity index (χ2n) is 6.68. The smallest absolute Gasteiger partial charge is 0.237 e. The van der Waals surface area contributed by atoms with Gasteiger partial charge in [0.15, 0.2) is 0 Å². The van der Waals surface area contributed by atoms with E-state index in [-0.39, 0.29) is 5.91 Å². The summed E-state index contributed by atoms with van der Waals surface area (Å²) >= 11 is 1.82. The van der Waals surface area contributed by atoms with Crippen LogP contribution >= 0.6 is 11.3 Å². The zero-order chi connectivity index (χ0) is 15.8. The molecule has 4 heteroatoms. The number of carbonyl (C=O) groups is 1. The Labute approximate surface area is 141 Å². The molecule has 120 valence electrons. The molecule has 0 unspecified atom stereocenters. The van der Waals surface area contributed by atoms with Crippen molar-refractivity contribution in [1.82, 2.24) is 9.80 Å². The molecule has 0 saturated heterocycles. The van der Waals surface area contributed by atoms with Crippen molar-refractivity contribution in [2.45, 2.75) is 31.8 Å². The first kappa shape index (κ1) is 14.9. The molecule has 0 radical (unpaired) electrons. The number of carbonyl (C=O) groups excluding carboxylic acids is 1. The van der Waals surface area contributed by atoms with Crippen molar-refractivity contribution in [2.24, 2.45) is 0 Å². The Morgan fingerprint density at radius 3 is 2.70 bits per heavy atom. The third kappa shape index (κ3) is 2.93. The summed E-state index contributed by atoms with van der Waals surface area (Å²) in [5.41, 5.74) is 4.22. The molecule has 2 aliphatic rings. The molecular weight excluding hydrogens is 304 g/mol. The van der Waals surface area contributed by atoms with Gasteiger partial charge in [-0.2, -0.15) is 0 Å². The van der Waals surface area contributed by atoms with E-state index in [2.05, 4.69) is 47.7 Å². The zero-order valence-electron chi connectivity index (χ0n) is 13.5. The molecule has 1 amide bonds. The number of likely N-dealkylation sites (N-methyl/N-ethyl adjacent to an activating group) is 1. The minimum absolute atomic E-state index is 0.264. The van der Waals surface area contributed by atoms with Gasteiger partial charge in [0.2, 0.25) is 5.91 Å².